The number of morpholine rings is 1. The van der Waals surface area contributed by atoms with Gasteiger partial charge in [-0.05, 0) is 6.26 Å². The minimum atomic E-state index is -1.03. The van der Waals surface area contributed by atoms with Gasteiger partial charge in [-0.15, -0.1) is 0 Å². The molecule has 0 saturated carbocycles. The van der Waals surface area contributed by atoms with Crippen molar-refractivity contribution in [3.8, 4) is 0 Å². The summed E-state index contributed by atoms with van der Waals surface area (Å²) in [7, 11) is 0. The number of hydrogen-bond donors (Lipinski definition) is 2. The third kappa shape index (κ3) is 3.90. The average molecular weight is 248 g/mol. The molecule has 16 heavy (non-hydrogen) atoms. The lowest BCUT2D eigenvalue weighted by molar-refractivity contribution is -0.154. The highest BCUT2D eigenvalue weighted by molar-refractivity contribution is 7.98. The molecule has 1 unspecified atom stereocenters. The van der Waals surface area contributed by atoms with Crippen molar-refractivity contribution >= 4 is 23.8 Å². The maximum Gasteiger partial charge on any atom is 0.334 e. The van der Waals surface area contributed by atoms with Gasteiger partial charge in [-0.2, -0.15) is 11.8 Å². The number of carboxylic acid groups (broad SMARTS) is 1. The van der Waals surface area contributed by atoms with Crippen LogP contribution in [0.25, 0.3) is 0 Å². The van der Waals surface area contributed by atoms with E-state index in [-0.39, 0.29) is 19.2 Å². The molecule has 1 rings (SSSR count). The predicted octanol–water partition coefficient (Wildman–Crippen LogP) is -0.156. The fourth-order valence-corrected chi connectivity index (χ4v) is 1.66. The van der Waals surface area contributed by atoms with E-state index in [1.807, 2.05) is 6.26 Å². The minimum Gasteiger partial charge on any atom is -0.479 e. The SMILES string of the molecule is CSCCNC(=O)N1CCOC(C(=O)O)C1. The molecular weight excluding hydrogens is 232 g/mol. The fourth-order valence-electron chi connectivity index (χ4n) is 1.35. The van der Waals surface area contributed by atoms with E-state index in [9.17, 15) is 9.59 Å². The number of carbonyl (C=O) groups is 2. The average Bonchev–Trinajstić information content (AvgIpc) is 2.29. The number of nitrogens with zero attached hydrogens (tertiary/aromatic N) is 1. The molecule has 0 aromatic heterocycles. The molecule has 0 bridgehead atoms. The van der Waals surface area contributed by atoms with Gasteiger partial charge in [-0.1, -0.05) is 0 Å². The Morgan fingerprint density at radius 1 is 1.62 bits per heavy atom. The van der Waals surface area contributed by atoms with E-state index in [1.165, 1.54) is 4.90 Å². The first-order valence-corrected chi connectivity index (χ1v) is 6.40. The highest BCUT2D eigenvalue weighted by Gasteiger charge is 2.28. The van der Waals surface area contributed by atoms with E-state index >= 15 is 0 Å². The summed E-state index contributed by atoms with van der Waals surface area (Å²) in [6.07, 6.45) is 1.06. The Balaban J connectivity index is 2.35. The quantitative estimate of drug-likeness (QED) is 0.676. The summed E-state index contributed by atoms with van der Waals surface area (Å²) in [6, 6.07) is -0.219. The predicted molar refractivity (Wildman–Crippen MR) is 60.7 cm³/mol. The minimum absolute atomic E-state index is 0.112. The molecule has 1 aliphatic heterocycles. The standard InChI is InChI=1S/C9H16N2O4S/c1-16-5-2-10-9(14)11-3-4-15-7(6-11)8(12)13/h7H,2-6H2,1H3,(H,10,14)(H,12,13). The van der Waals surface area contributed by atoms with Gasteiger partial charge in [0.1, 0.15) is 0 Å². The third-order valence-electron chi connectivity index (χ3n) is 2.21. The van der Waals surface area contributed by atoms with Crippen molar-refractivity contribution in [1.82, 2.24) is 10.2 Å². The number of hydrogen-bond acceptors (Lipinski definition) is 4. The summed E-state index contributed by atoms with van der Waals surface area (Å²) >= 11 is 1.64. The molecular formula is C9H16N2O4S. The van der Waals surface area contributed by atoms with Crippen LogP contribution in [0.15, 0.2) is 0 Å². The lowest BCUT2D eigenvalue weighted by Crippen LogP contribution is -2.52. The van der Waals surface area contributed by atoms with Crippen molar-refractivity contribution in [2.24, 2.45) is 0 Å². The zero-order valence-electron chi connectivity index (χ0n) is 9.14. The Hall–Kier alpha value is -0.950. The molecule has 6 nitrogen and oxygen atoms in total. The van der Waals surface area contributed by atoms with Crippen LogP contribution in [0.3, 0.4) is 0 Å². The van der Waals surface area contributed by atoms with Gasteiger partial charge >= 0.3 is 12.0 Å². The van der Waals surface area contributed by atoms with Gasteiger partial charge in [0.15, 0.2) is 6.10 Å². The maximum atomic E-state index is 11.6. The number of aliphatic carboxylic acids is 1. The Morgan fingerprint density at radius 3 is 3.00 bits per heavy atom. The normalized spacial score (nSPS) is 20.6. The summed E-state index contributed by atoms with van der Waals surface area (Å²) in [5.41, 5.74) is 0. The zero-order chi connectivity index (χ0) is 12.0. The number of carbonyl (C=O) groups excluding carboxylic acids is 1. The first-order valence-electron chi connectivity index (χ1n) is 5.01. The van der Waals surface area contributed by atoms with E-state index < -0.39 is 12.1 Å². The van der Waals surface area contributed by atoms with Crippen molar-refractivity contribution in [1.29, 1.82) is 0 Å². The monoisotopic (exact) mass is 248 g/mol. The van der Waals surface area contributed by atoms with Gasteiger partial charge in [0.2, 0.25) is 0 Å². The van der Waals surface area contributed by atoms with Crippen molar-refractivity contribution in [3.05, 3.63) is 0 Å². The largest absolute Gasteiger partial charge is 0.479 e. The summed E-state index contributed by atoms with van der Waals surface area (Å²) in [5.74, 6) is -0.181. The molecule has 92 valence electrons. The number of ether oxygens (including phenoxy) is 1. The molecule has 0 radical (unpaired) electrons. The van der Waals surface area contributed by atoms with E-state index in [0.29, 0.717) is 13.1 Å². The number of amides is 2. The molecule has 0 spiro atoms. The Morgan fingerprint density at radius 2 is 2.38 bits per heavy atom. The molecule has 1 heterocycles. The summed E-state index contributed by atoms with van der Waals surface area (Å²) in [5, 5.41) is 11.5. The third-order valence-corrected chi connectivity index (χ3v) is 2.82. The second kappa shape index (κ2) is 6.59. The maximum absolute atomic E-state index is 11.6. The smallest absolute Gasteiger partial charge is 0.334 e. The summed E-state index contributed by atoms with van der Waals surface area (Å²) in [6.45, 7) is 1.41. The molecule has 0 aromatic rings. The zero-order valence-corrected chi connectivity index (χ0v) is 9.96. The first kappa shape index (κ1) is 13.1. The second-order valence-corrected chi connectivity index (χ2v) is 4.35. The Bertz CT molecular complexity index is 262. The Kier molecular flexibility index (Phi) is 5.41. The van der Waals surface area contributed by atoms with Crippen molar-refractivity contribution in [2.75, 3.05) is 38.2 Å². The van der Waals surface area contributed by atoms with E-state index in [1.54, 1.807) is 11.8 Å². The molecule has 1 atom stereocenters. The molecule has 1 aliphatic rings. The van der Waals surface area contributed by atoms with Gasteiger partial charge in [0.25, 0.3) is 0 Å². The molecule has 1 fully saturated rings. The van der Waals surface area contributed by atoms with Gasteiger partial charge in [0, 0.05) is 18.8 Å². The lowest BCUT2D eigenvalue weighted by atomic mass is 10.3. The molecule has 2 N–H and O–H groups in total. The molecule has 1 saturated heterocycles. The van der Waals surface area contributed by atoms with Crippen molar-refractivity contribution in [2.45, 2.75) is 6.10 Å². The van der Waals surface area contributed by atoms with Gasteiger partial charge in [-0.3, -0.25) is 0 Å². The van der Waals surface area contributed by atoms with Crippen LogP contribution >= 0.6 is 11.8 Å². The van der Waals surface area contributed by atoms with Crippen LogP contribution in [-0.2, 0) is 9.53 Å². The van der Waals surface area contributed by atoms with Crippen LogP contribution in [0.5, 0.6) is 0 Å². The second-order valence-electron chi connectivity index (χ2n) is 3.37. The van der Waals surface area contributed by atoms with E-state index in [2.05, 4.69) is 5.32 Å². The van der Waals surface area contributed by atoms with Gasteiger partial charge in [0.05, 0.1) is 13.2 Å². The van der Waals surface area contributed by atoms with Gasteiger partial charge in [-0.25, -0.2) is 9.59 Å². The number of urea groups is 1. The first-order chi connectivity index (χ1) is 7.65. The molecule has 0 aromatic carbocycles. The van der Waals surface area contributed by atoms with Crippen LogP contribution in [0.1, 0.15) is 0 Å². The van der Waals surface area contributed by atoms with Crippen molar-refractivity contribution < 1.29 is 19.4 Å². The van der Waals surface area contributed by atoms with Gasteiger partial charge < -0.3 is 20.1 Å². The van der Waals surface area contributed by atoms with Crippen LogP contribution in [0, 0.1) is 0 Å². The van der Waals surface area contributed by atoms with Crippen LogP contribution in [0.4, 0.5) is 4.79 Å². The lowest BCUT2D eigenvalue weighted by Gasteiger charge is -2.30. The summed E-state index contributed by atoms with van der Waals surface area (Å²) < 4.78 is 5.02. The van der Waals surface area contributed by atoms with E-state index in [4.69, 9.17) is 9.84 Å². The highest BCUT2D eigenvalue weighted by atomic mass is 32.2. The van der Waals surface area contributed by atoms with Crippen molar-refractivity contribution in [3.63, 3.8) is 0 Å². The molecule has 7 heteroatoms. The molecule has 2 amide bonds. The Labute approximate surface area is 98.3 Å². The summed E-state index contributed by atoms with van der Waals surface area (Å²) in [4.78, 5) is 23.8. The molecule has 0 aliphatic carbocycles. The fraction of sp³-hybridized carbons (Fsp3) is 0.778. The van der Waals surface area contributed by atoms with Crippen LogP contribution in [-0.4, -0.2) is 66.4 Å². The number of nitrogens with one attached hydrogen (secondary N) is 1. The highest BCUT2D eigenvalue weighted by Crippen LogP contribution is 2.05. The number of rotatable bonds is 4. The van der Waals surface area contributed by atoms with E-state index in [0.717, 1.165) is 5.75 Å². The topological polar surface area (TPSA) is 78.9 Å². The number of thioether (sulfide) groups is 1. The van der Waals surface area contributed by atoms with Crippen LogP contribution < -0.4 is 5.32 Å². The number of carboxylic acids is 1. The van der Waals surface area contributed by atoms with Crippen LogP contribution in [0.2, 0.25) is 0 Å².